The Bertz CT molecular complexity index is 673. The van der Waals surface area contributed by atoms with Crippen LogP contribution in [0.3, 0.4) is 0 Å². The highest BCUT2D eigenvalue weighted by Gasteiger charge is 2.39. The van der Waals surface area contributed by atoms with E-state index in [2.05, 4.69) is 15.9 Å². The van der Waals surface area contributed by atoms with Gasteiger partial charge in [-0.25, -0.2) is 4.79 Å². The van der Waals surface area contributed by atoms with E-state index in [9.17, 15) is 4.79 Å². The van der Waals surface area contributed by atoms with E-state index in [1.165, 1.54) is 29.0 Å². The number of ether oxygens (including phenoxy) is 2. The van der Waals surface area contributed by atoms with Gasteiger partial charge in [0.25, 0.3) is 0 Å². The molecule has 2 saturated heterocycles. The molecule has 2 fully saturated rings. The number of amides is 1. The van der Waals surface area contributed by atoms with Crippen molar-refractivity contribution in [3.63, 3.8) is 0 Å². The van der Waals surface area contributed by atoms with Crippen LogP contribution in [-0.4, -0.2) is 86.9 Å². The van der Waals surface area contributed by atoms with Gasteiger partial charge in [-0.05, 0) is 43.0 Å². The fourth-order valence-corrected chi connectivity index (χ4v) is 4.81. The Hall–Kier alpha value is -1.63. The molecule has 0 spiro atoms. The second kappa shape index (κ2) is 8.17. The molecule has 0 saturated carbocycles. The monoisotopic (exact) mass is 373 g/mol. The van der Waals surface area contributed by atoms with E-state index in [1.807, 2.05) is 12.1 Å². The van der Waals surface area contributed by atoms with Crippen LogP contribution in [0.15, 0.2) is 18.2 Å². The summed E-state index contributed by atoms with van der Waals surface area (Å²) in [6.45, 7) is 7.31. The number of morpholine rings is 1. The van der Waals surface area contributed by atoms with Gasteiger partial charge in [-0.2, -0.15) is 0 Å². The van der Waals surface area contributed by atoms with E-state index in [0.29, 0.717) is 12.0 Å². The van der Waals surface area contributed by atoms with Gasteiger partial charge in [0.15, 0.2) is 0 Å². The van der Waals surface area contributed by atoms with Gasteiger partial charge < -0.3 is 14.4 Å². The molecule has 2 aliphatic heterocycles. The quantitative estimate of drug-likeness (QED) is 0.810. The first-order valence-electron chi connectivity index (χ1n) is 10.2. The van der Waals surface area contributed by atoms with Crippen molar-refractivity contribution in [3.8, 4) is 5.75 Å². The first-order valence-corrected chi connectivity index (χ1v) is 10.2. The fourth-order valence-electron chi connectivity index (χ4n) is 4.81. The Morgan fingerprint density at radius 3 is 2.78 bits per heavy atom. The van der Waals surface area contributed by atoms with E-state index >= 15 is 0 Å². The largest absolute Gasteiger partial charge is 0.414 e. The average molecular weight is 373 g/mol. The summed E-state index contributed by atoms with van der Waals surface area (Å²) >= 11 is 0. The molecule has 0 bridgehead atoms. The van der Waals surface area contributed by atoms with E-state index < -0.39 is 0 Å². The van der Waals surface area contributed by atoms with Gasteiger partial charge in [-0.1, -0.05) is 12.1 Å². The van der Waals surface area contributed by atoms with E-state index in [0.717, 1.165) is 58.0 Å². The third kappa shape index (κ3) is 3.98. The molecule has 148 valence electrons. The Morgan fingerprint density at radius 1 is 1.19 bits per heavy atom. The molecular weight excluding hydrogens is 342 g/mol. The van der Waals surface area contributed by atoms with Crippen LogP contribution in [0.1, 0.15) is 29.9 Å². The molecule has 1 aliphatic carbocycles. The predicted octanol–water partition coefficient (Wildman–Crippen LogP) is 2.18. The molecule has 2 atom stereocenters. The van der Waals surface area contributed by atoms with E-state index in [-0.39, 0.29) is 6.09 Å². The summed E-state index contributed by atoms with van der Waals surface area (Å²) in [6, 6.07) is 6.84. The molecule has 6 nitrogen and oxygen atoms in total. The van der Waals surface area contributed by atoms with Crippen LogP contribution in [-0.2, 0) is 11.2 Å². The first-order chi connectivity index (χ1) is 13.1. The Morgan fingerprint density at radius 2 is 2.00 bits per heavy atom. The zero-order valence-corrected chi connectivity index (χ0v) is 16.5. The summed E-state index contributed by atoms with van der Waals surface area (Å²) in [6.07, 6.45) is 3.04. The molecule has 3 aliphatic rings. The number of carbonyl (C=O) groups excluding carboxylic acids is 1. The van der Waals surface area contributed by atoms with Crippen LogP contribution in [0, 0.1) is 0 Å². The molecular formula is C21H31N3O3. The maximum atomic E-state index is 12.0. The second-order valence-corrected chi connectivity index (χ2v) is 8.08. The van der Waals surface area contributed by atoms with Gasteiger partial charge in [-0.15, -0.1) is 0 Å². The number of hydrogen-bond donors (Lipinski definition) is 0. The molecule has 1 aromatic rings. The summed E-state index contributed by atoms with van der Waals surface area (Å²) in [5.41, 5.74) is 2.63. The molecule has 1 amide bonds. The van der Waals surface area contributed by atoms with Crippen molar-refractivity contribution in [2.75, 3.05) is 60.0 Å². The summed E-state index contributed by atoms with van der Waals surface area (Å²) in [5.74, 6) is 1.31. The Balaban J connectivity index is 1.43. The third-order valence-corrected chi connectivity index (χ3v) is 6.29. The van der Waals surface area contributed by atoms with Crippen LogP contribution in [0.2, 0.25) is 0 Å². The molecule has 27 heavy (non-hydrogen) atoms. The maximum absolute atomic E-state index is 12.0. The van der Waals surface area contributed by atoms with Crippen LogP contribution in [0.25, 0.3) is 0 Å². The number of rotatable bonds is 4. The topological polar surface area (TPSA) is 45.2 Å². The molecule has 4 rings (SSSR count). The summed E-state index contributed by atoms with van der Waals surface area (Å²) in [5, 5.41) is 0. The van der Waals surface area contributed by atoms with Crippen molar-refractivity contribution in [2.24, 2.45) is 0 Å². The van der Waals surface area contributed by atoms with Gasteiger partial charge in [0.2, 0.25) is 0 Å². The lowest BCUT2D eigenvalue weighted by Gasteiger charge is -2.35. The van der Waals surface area contributed by atoms with Gasteiger partial charge in [-0.3, -0.25) is 9.80 Å². The minimum absolute atomic E-state index is 0.302. The van der Waals surface area contributed by atoms with Crippen molar-refractivity contribution in [1.82, 2.24) is 14.7 Å². The summed E-state index contributed by atoms with van der Waals surface area (Å²) < 4.78 is 11.1. The zero-order chi connectivity index (χ0) is 18.8. The second-order valence-electron chi connectivity index (χ2n) is 8.08. The first kappa shape index (κ1) is 18.7. The van der Waals surface area contributed by atoms with Crippen molar-refractivity contribution >= 4 is 6.09 Å². The van der Waals surface area contributed by atoms with Crippen LogP contribution >= 0.6 is 0 Å². The number of nitrogens with zero attached hydrogens (tertiary/aromatic N) is 3. The zero-order valence-electron chi connectivity index (χ0n) is 16.5. The molecule has 6 heteroatoms. The van der Waals surface area contributed by atoms with Crippen LogP contribution < -0.4 is 4.74 Å². The van der Waals surface area contributed by atoms with Gasteiger partial charge >= 0.3 is 6.09 Å². The normalized spacial score (nSPS) is 25.7. The average Bonchev–Trinajstić information content (AvgIpc) is 3.11. The number of benzene rings is 1. The van der Waals surface area contributed by atoms with Gasteiger partial charge in [0.05, 0.1) is 13.2 Å². The third-order valence-electron chi connectivity index (χ3n) is 6.29. The number of hydrogen-bond acceptors (Lipinski definition) is 5. The van der Waals surface area contributed by atoms with Crippen molar-refractivity contribution in [3.05, 3.63) is 29.3 Å². The molecule has 1 aromatic carbocycles. The molecule has 0 unspecified atom stereocenters. The minimum atomic E-state index is -0.302. The lowest BCUT2D eigenvalue weighted by molar-refractivity contribution is 0.0322. The molecule has 2 heterocycles. The fraction of sp³-hybridized carbons (Fsp3) is 0.667. The lowest BCUT2D eigenvalue weighted by Crippen LogP contribution is -2.43. The number of carbonyl (C=O) groups is 1. The molecule has 0 radical (unpaired) electrons. The van der Waals surface area contributed by atoms with Gasteiger partial charge in [0, 0.05) is 52.2 Å². The smallest absolute Gasteiger partial charge is 0.410 e. The Kier molecular flexibility index (Phi) is 5.66. The molecule has 0 aromatic heterocycles. The van der Waals surface area contributed by atoms with Crippen LogP contribution in [0.4, 0.5) is 4.79 Å². The number of fused-ring (bicyclic) bond motifs is 3. The maximum Gasteiger partial charge on any atom is 0.414 e. The minimum Gasteiger partial charge on any atom is -0.410 e. The van der Waals surface area contributed by atoms with Crippen LogP contribution in [0.5, 0.6) is 5.75 Å². The highest BCUT2D eigenvalue weighted by atomic mass is 16.6. The van der Waals surface area contributed by atoms with E-state index in [1.54, 1.807) is 14.1 Å². The van der Waals surface area contributed by atoms with Crippen molar-refractivity contribution < 1.29 is 14.3 Å². The van der Waals surface area contributed by atoms with Crippen molar-refractivity contribution in [1.29, 1.82) is 0 Å². The Labute approximate surface area is 162 Å². The van der Waals surface area contributed by atoms with Gasteiger partial charge in [0.1, 0.15) is 5.75 Å². The summed E-state index contributed by atoms with van der Waals surface area (Å²) in [7, 11) is 3.44. The lowest BCUT2D eigenvalue weighted by atomic mass is 9.79. The van der Waals surface area contributed by atoms with Crippen molar-refractivity contribution in [2.45, 2.75) is 31.2 Å². The van der Waals surface area contributed by atoms with E-state index in [4.69, 9.17) is 9.47 Å². The predicted molar refractivity (Wildman–Crippen MR) is 104 cm³/mol. The highest BCUT2D eigenvalue weighted by Crippen LogP contribution is 2.44. The molecule has 0 N–H and O–H groups in total. The number of likely N-dealkylation sites (tertiary alicyclic amines) is 1. The standard InChI is InChI=1S/C21H31N3O3/c1-22(2)21(25)27-20-5-3-4-16-17-8-9-24(19(17)7-6-18(16)20)11-10-23-12-14-26-15-13-23/h3-5,17,19H,6-15H2,1-2H3/t17-,19+/m0/s1. The SMILES string of the molecule is CN(C)C(=O)Oc1cccc2c1CC[C@@H]1[C@H]2CCN1CCN1CCOCC1. The summed E-state index contributed by atoms with van der Waals surface area (Å²) in [4.78, 5) is 18.7. The highest BCUT2D eigenvalue weighted by molar-refractivity contribution is 5.70.